The number of rotatable bonds is 4. The molecule has 3 nitrogen and oxygen atoms in total. The van der Waals surface area contributed by atoms with Crippen LogP contribution in [0.15, 0.2) is 24.3 Å². The van der Waals surface area contributed by atoms with Crippen molar-refractivity contribution >= 4 is 0 Å². The van der Waals surface area contributed by atoms with Gasteiger partial charge in [-0.1, -0.05) is 18.2 Å². The van der Waals surface area contributed by atoms with Crippen molar-refractivity contribution in [3.8, 4) is 5.75 Å². The molecule has 0 aromatic heterocycles. The monoisotopic (exact) mass is 220 g/mol. The molecule has 0 bridgehead atoms. The predicted octanol–water partition coefficient (Wildman–Crippen LogP) is 1.84. The molecule has 0 amide bonds. The van der Waals surface area contributed by atoms with Gasteiger partial charge in [0.1, 0.15) is 5.75 Å². The van der Waals surface area contributed by atoms with Gasteiger partial charge < -0.3 is 15.8 Å². The van der Waals surface area contributed by atoms with Crippen LogP contribution in [0.5, 0.6) is 5.75 Å². The average Bonchev–Trinajstić information content (AvgIpc) is 2.27. The predicted molar refractivity (Wildman–Crippen MR) is 65.5 cm³/mol. The van der Waals surface area contributed by atoms with E-state index in [4.69, 9.17) is 10.5 Å². The molecule has 1 saturated carbocycles. The number of nitrogens with two attached hydrogens (primary N) is 1. The molecule has 3 heteroatoms. The molecule has 88 valence electrons. The Morgan fingerprint density at radius 1 is 1.38 bits per heavy atom. The SMILES string of the molecule is COc1ccccc1[C@H](C)NC1CC(N)C1. The van der Waals surface area contributed by atoms with Gasteiger partial charge in [0.05, 0.1) is 7.11 Å². The molecule has 1 atom stereocenters. The number of hydrogen-bond acceptors (Lipinski definition) is 3. The normalized spacial score (nSPS) is 25.9. The molecule has 1 fully saturated rings. The summed E-state index contributed by atoms with van der Waals surface area (Å²) in [5.41, 5.74) is 6.99. The molecular formula is C13H20N2O. The van der Waals surface area contributed by atoms with Crippen LogP contribution >= 0.6 is 0 Å². The molecule has 3 N–H and O–H groups in total. The first-order valence-corrected chi connectivity index (χ1v) is 5.85. The Hall–Kier alpha value is -1.06. The second kappa shape index (κ2) is 4.85. The average molecular weight is 220 g/mol. The largest absolute Gasteiger partial charge is 0.496 e. The summed E-state index contributed by atoms with van der Waals surface area (Å²) >= 11 is 0. The molecule has 1 aliphatic rings. The van der Waals surface area contributed by atoms with Gasteiger partial charge in [0.25, 0.3) is 0 Å². The zero-order valence-corrected chi connectivity index (χ0v) is 9.94. The summed E-state index contributed by atoms with van der Waals surface area (Å²) in [6.45, 7) is 2.17. The van der Waals surface area contributed by atoms with E-state index in [1.54, 1.807) is 7.11 Å². The van der Waals surface area contributed by atoms with Crippen molar-refractivity contribution in [2.24, 2.45) is 5.73 Å². The van der Waals surface area contributed by atoms with Crippen LogP contribution in [0.25, 0.3) is 0 Å². The van der Waals surface area contributed by atoms with Gasteiger partial charge in [0, 0.05) is 23.7 Å². The number of nitrogens with one attached hydrogen (secondary N) is 1. The molecule has 0 aliphatic heterocycles. The highest BCUT2D eigenvalue weighted by molar-refractivity contribution is 5.35. The molecule has 0 unspecified atom stereocenters. The smallest absolute Gasteiger partial charge is 0.123 e. The highest BCUT2D eigenvalue weighted by Crippen LogP contribution is 2.27. The van der Waals surface area contributed by atoms with Crippen LogP contribution in [0.2, 0.25) is 0 Å². The minimum absolute atomic E-state index is 0.314. The van der Waals surface area contributed by atoms with E-state index < -0.39 is 0 Å². The lowest BCUT2D eigenvalue weighted by atomic mass is 9.86. The summed E-state index contributed by atoms with van der Waals surface area (Å²) < 4.78 is 5.36. The second-order valence-electron chi connectivity index (χ2n) is 4.56. The van der Waals surface area contributed by atoms with Crippen molar-refractivity contribution < 1.29 is 4.74 Å². The van der Waals surface area contributed by atoms with Crippen LogP contribution in [0, 0.1) is 0 Å². The van der Waals surface area contributed by atoms with E-state index in [1.807, 2.05) is 18.2 Å². The zero-order chi connectivity index (χ0) is 11.5. The van der Waals surface area contributed by atoms with Crippen LogP contribution < -0.4 is 15.8 Å². The van der Waals surface area contributed by atoms with Crippen LogP contribution in [-0.4, -0.2) is 19.2 Å². The first-order chi connectivity index (χ1) is 7.70. The maximum atomic E-state index is 5.77. The Morgan fingerprint density at radius 3 is 2.69 bits per heavy atom. The Kier molecular flexibility index (Phi) is 3.46. The minimum atomic E-state index is 0.314. The Balaban J connectivity index is 1.99. The summed E-state index contributed by atoms with van der Waals surface area (Å²) in [6, 6.07) is 9.41. The molecule has 0 spiro atoms. The summed E-state index contributed by atoms with van der Waals surface area (Å²) in [7, 11) is 1.71. The van der Waals surface area contributed by atoms with Gasteiger partial charge >= 0.3 is 0 Å². The third kappa shape index (κ3) is 2.36. The van der Waals surface area contributed by atoms with E-state index in [2.05, 4.69) is 18.3 Å². The van der Waals surface area contributed by atoms with Crippen molar-refractivity contribution in [2.45, 2.75) is 37.9 Å². The molecule has 1 aromatic carbocycles. The van der Waals surface area contributed by atoms with Crippen LogP contribution in [0.4, 0.5) is 0 Å². The van der Waals surface area contributed by atoms with Crippen molar-refractivity contribution in [1.82, 2.24) is 5.32 Å². The van der Waals surface area contributed by atoms with Gasteiger partial charge in [-0.2, -0.15) is 0 Å². The quantitative estimate of drug-likeness (QED) is 0.814. The van der Waals surface area contributed by atoms with E-state index >= 15 is 0 Å². The minimum Gasteiger partial charge on any atom is -0.496 e. The topological polar surface area (TPSA) is 47.3 Å². The van der Waals surface area contributed by atoms with E-state index in [1.165, 1.54) is 5.56 Å². The van der Waals surface area contributed by atoms with Crippen LogP contribution in [0.3, 0.4) is 0 Å². The molecule has 0 heterocycles. The summed E-state index contributed by atoms with van der Waals surface area (Å²) in [6.07, 6.45) is 2.17. The summed E-state index contributed by atoms with van der Waals surface area (Å²) in [5, 5.41) is 3.58. The van der Waals surface area contributed by atoms with Crippen molar-refractivity contribution in [3.63, 3.8) is 0 Å². The number of methoxy groups -OCH3 is 1. The zero-order valence-electron chi connectivity index (χ0n) is 9.94. The highest BCUT2D eigenvalue weighted by Gasteiger charge is 2.27. The molecule has 0 radical (unpaired) electrons. The van der Waals surface area contributed by atoms with Crippen molar-refractivity contribution in [1.29, 1.82) is 0 Å². The van der Waals surface area contributed by atoms with Gasteiger partial charge in [-0.05, 0) is 25.8 Å². The Labute approximate surface area is 97.0 Å². The van der Waals surface area contributed by atoms with Gasteiger partial charge in [-0.25, -0.2) is 0 Å². The lowest BCUT2D eigenvalue weighted by Gasteiger charge is -2.35. The molecule has 1 aromatic rings. The third-order valence-electron chi connectivity index (χ3n) is 3.27. The Morgan fingerprint density at radius 2 is 2.06 bits per heavy atom. The van der Waals surface area contributed by atoms with E-state index in [0.29, 0.717) is 18.1 Å². The van der Waals surface area contributed by atoms with Crippen LogP contribution in [-0.2, 0) is 0 Å². The van der Waals surface area contributed by atoms with Crippen molar-refractivity contribution in [3.05, 3.63) is 29.8 Å². The lowest BCUT2D eigenvalue weighted by molar-refractivity contribution is 0.270. The van der Waals surface area contributed by atoms with E-state index in [-0.39, 0.29) is 0 Å². The number of hydrogen-bond donors (Lipinski definition) is 2. The molecular weight excluding hydrogens is 200 g/mol. The standard InChI is InChI=1S/C13H20N2O/c1-9(15-11-7-10(14)8-11)12-5-3-4-6-13(12)16-2/h3-6,9-11,15H,7-8,14H2,1-2H3/t9-,10?,11?/m0/s1. The fraction of sp³-hybridized carbons (Fsp3) is 0.538. The molecule has 16 heavy (non-hydrogen) atoms. The fourth-order valence-electron chi connectivity index (χ4n) is 2.27. The number of para-hydroxylation sites is 1. The van der Waals surface area contributed by atoms with E-state index in [9.17, 15) is 0 Å². The highest BCUT2D eigenvalue weighted by atomic mass is 16.5. The number of ether oxygens (including phenoxy) is 1. The van der Waals surface area contributed by atoms with Gasteiger partial charge in [0.2, 0.25) is 0 Å². The maximum Gasteiger partial charge on any atom is 0.123 e. The van der Waals surface area contributed by atoms with Gasteiger partial charge in [0.15, 0.2) is 0 Å². The molecule has 0 saturated heterocycles. The fourth-order valence-corrected chi connectivity index (χ4v) is 2.27. The van der Waals surface area contributed by atoms with Gasteiger partial charge in [-0.3, -0.25) is 0 Å². The first kappa shape index (κ1) is 11.4. The second-order valence-corrected chi connectivity index (χ2v) is 4.56. The lowest BCUT2D eigenvalue weighted by Crippen LogP contribution is -2.49. The number of benzene rings is 1. The third-order valence-corrected chi connectivity index (χ3v) is 3.27. The summed E-state index contributed by atoms with van der Waals surface area (Å²) in [4.78, 5) is 0. The molecule has 1 aliphatic carbocycles. The maximum absolute atomic E-state index is 5.77. The molecule has 2 rings (SSSR count). The van der Waals surface area contributed by atoms with Gasteiger partial charge in [-0.15, -0.1) is 0 Å². The Bertz CT molecular complexity index is 348. The van der Waals surface area contributed by atoms with E-state index in [0.717, 1.165) is 18.6 Å². The van der Waals surface area contributed by atoms with Crippen LogP contribution in [0.1, 0.15) is 31.4 Å². The van der Waals surface area contributed by atoms with Crippen molar-refractivity contribution in [2.75, 3.05) is 7.11 Å². The summed E-state index contributed by atoms with van der Waals surface area (Å²) in [5.74, 6) is 0.950. The first-order valence-electron chi connectivity index (χ1n) is 5.85.